The van der Waals surface area contributed by atoms with Crippen molar-refractivity contribution in [2.75, 3.05) is 6.54 Å². The normalized spacial score (nSPS) is 18.8. The molecule has 1 aromatic carbocycles. The van der Waals surface area contributed by atoms with E-state index in [1.807, 2.05) is 11.8 Å². The molecule has 98 valence electrons. The van der Waals surface area contributed by atoms with E-state index in [9.17, 15) is 0 Å². The van der Waals surface area contributed by atoms with Crippen LogP contribution in [0.1, 0.15) is 37.8 Å². The van der Waals surface area contributed by atoms with Crippen molar-refractivity contribution in [3.8, 4) is 0 Å². The van der Waals surface area contributed by atoms with Crippen molar-refractivity contribution < 1.29 is 0 Å². The summed E-state index contributed by atoms with van der Waals surface area (Å²) in [5.41, 5.74) is 2.82. The number of aliphatic imine (C=N–C) groups is 1. The molecule has 0 aliphatic carbocycles. The number of amidine groups is 1. The van der Waals surface area contributed by atoms with Gasteiger partial charge in [0.05, 0.1) is 6.54 Å². The minimum Gasteiger partial charge on any atom is -0.361 e. The largest absolute Gasteiger partial charge is 0.361 e. The molecule has 1 aliphatic heterocycles. The molecule has 1 aliphatic rings. The highest BCUT2D eigenvalue weighted by molar-refractivity contribution is 8.14. The van der Waals surface area contributed by atoms with E-state index in [0.29, 0.717) is 5.25 Å². The summed E-state index contributed by atoms with van der Waals surface area (Å²) >= 11 is 1.91. The Labute approximate surface area is 114 Å². The first-order valence-electron chi connectivity index (χ1n) is 6.85. The Hall–Kier alpha value is -0.960. The van der Waals surface area contributed by atoms with Gasteiger partial charge < -0.3 is 5.32 Å². The number of rotatable bonds is 5. The van der Waals surface area contributed by atoms with Crippen molar-refractivity contribution in [2.45, 2.75) is 44.9 Å². The van der Waals surface area contributed by atoms with Crippen molar-refractivity contribution in [2.24, 2.45) is 4.99 Å². The molecule has 3 heteroatoms. The quantitative estimate of drug-likeness (QED) is 0.876. The SMILES string of the molecule is CCCC1CN=C(NCc2ccccc2CC)S1. The molecule has 1 aromatic rings. The third-order valence-corrected chi connectivity index (χ3v) is 4.47. The zero-order chi connectivity index (χ0) is 12.8. The predicted octanol–water partition coefficient (Wildman–Crippen LogP) is 3.61. The fraction of sp³-hybridized carbons (Fsp3) is 0.533. The minimum atomic E-state index is 0.693. The molecule has 1 unspecified atom stereocenters. The van der Waals surface area contributed by atoms with Gasteiger partial charge in [-0.1, -0.05) is 56.3 Å². The highest BCUT2D eigenvalue weighted by Crippen LogP contribution is 2.23. The van der Waals surface area contributed by atoms with Gasteiger partial charge in [-0.15, -0.1) is 0 Å². The molecule has 0 amide bonds. The van der Waals surface area contributed by atoms with Gasteiger partial charge in [0.15, 0.2) is 5.17 Å². The summed E-state index contributed by atoms with van der Waals surface area (Å²) in [6.07, 6.45) is 3.61. The lowest BCUT2D eigenvalue weighted by atomic mass is 10.1. The molecule has 2 rings (SSSR count). The van der Waals surface area contributed by atoms with Gasteiger partial charge in [-0.2, -0.15) is 0 Å². The lowest BCUT2D eigenvalue weighted by molar-refractivity contribution is 0.753. The van der Waals surface area contributed by atoms with Gasteiger partial charge in [0.1, 0.15) is 0 Å². The van der Waals surface area contributed by atoms with E-state index >= 15 is 0 Å². The van der Waals surface area contributed by atoms with Crippen LogP contribution in [0.2, 0.25) is 0 Å². The van der Waals surface area contributed by atoms with Gasteiger partial charge in [0, 0.05) is 11.8 Å². The number of nitrogens with one attached hydrogen (secondary N) is 1. The molecule has 0 saturated heterocycles. The van der Waals surface area contributed by atoms with E-state index in [-0.39, 0.29) is 0 Å². The van der Waals surface area contributed by atoms with E-state index in [0.717, 1.165) is 24.7 Å². The molecule has 1 N–H and O–H groups in total. The van der Waals surface area contributed by atoms with E-state index in [1.165, 1.54) is 24.0 Å². The van der Waals surface area contributed by atoms with Crippen molar-refractivity contribution in [1.82, 2.24) is 5.32 Å². The van der Waals surface area contributed by atoms with Crippen molar-refractivity contribution in [1.29, 1.82) is 0 Å². The van der Waals surface area contributed by atoms with Crippen LogP contribution in [0, 0.1) is 0 Å². The van der Waals surface area contributed by atoms with Crippen molar-refractivity contribution >= 4 is 16.9 Å². The summed E-state index contributed by atoms with van der Waals surface area (Å²) in [6.45, 7) is 6.33. The second kappa shape index (κ2) is 6.83. The Morgan fingerprint density at radius 3 is 2.78 bits per heavy atom. The fourth-order valence-corrected chi connectivity index (χ4v) is 3.36. The first-order chi connectivity index (χ1) is 8.83. The van der Waals surface area contributed by atoms with Gasteiger partial charge in [0.25, 0.3) is 0 Å². The van der Waals surface area contributed by atoms with E-state index in [4.69, 9.17) is 0 Å². The van der Waals surface area contributed by atoms with Crippen LogP contribution in [0.25, 0.3) is 0 Å². The molecule has 0 spiro atoms. The van der Waals surface area contributed by atoms with Gasteiger partial charge in [-0.25, -0.2) is 0 Å². The second-order valence-corrected chi connectivity index (χ2v) is 5.94. The molecule has 0 aromatic heterocycles. The Kier molecular flexibility index (Phi) is 5.12. The van der Waals surface area contributed by atoms with Crippen LogP contribution in [-0.4, -0.2) is 17.0 Å². The van der Waals surface area contributed by atoms with Gasteiger partial charge >= 0.3 is 0 Å². The van der Waals surface area contributed by atoms with Crippen LogP contribution in [0.5, 0.6) is 0 Å². The number of benzene rings is 1. The summed E-state index contributed by atoms with van der Waals surface area (Å²) in [5, 5.41) is 5.29. The number of nitrogens with zero attached hydrogens (tertiary/aromatic N) is 1. The zero-order valence-electron chi connectivity index (χ0n) is 11.3. The number of aryl methyl sites for hydroxylation is 1. The smallest absolute Gasteiger partial charge is 0.157 e. The standard InChI is InChI=1S/C15H22N2S/c1-3-7-14-11-17-15(18-14)16-10-13-9-6-5-8-12(13)4-2/h5-6,8-9,14H,3-4,7,10-11H2,1-2H3,(H,16,17). The molecule has 2 nitrogen and oxygen atoms in total. The molecular weight excluding hydrogens is 240 g/mol. The van der Waals surface area contributed by atoms with E-state index in [1.54, 1.807) is 0 Å². The maximum atomic E-state index is 4.57. The first kappa shape index (κ1) is 13.5. The first-order valence-corrected chi connectivity index (χ1v) is 7.73. The third-order valence-electron chi connectivity index (χ3n) is 3.26. The average Bonchev–Trinajstić information content (AvgIpc) is 2.85. The van der Waals surface area contributed by atoms with Gasteiger partial charge in [-0.05, 0) is 24.0 Å². The molecule has 0 saturated carbocycles. The zero-order valence-corrected chi connectivity index (χ0v) is 12.1. The van der Waals surface area contributed by atoms with Crippen LogP contribution < -0.4 is 5.32 Å². The maximum absolute atomic E-state index is 4.57. The van der Waals surface area contributed by atoms with Gasteiger partial charge in [-0.3, -0.25) is 4.99 Å². The lowest BCUT2D eigenvalue weighted by Gasteiger charge is -2.10. The minimum absolute atomic E-state index is 0.693. The molecule has 0 fully saturated rings. The fourth-order valence-electron chi connectivity index (χ4n) is 2.23. The van der Waals surface area contributed by atoms with Crippen LogP contribution >= 0.6 is 11.8 Å². The summed E-state index contributed by atoms with van der Waals surface area (Å²) in [5.74, 6) is 0. The summed E-state index contributed by atoms with van der Waals surface area (Å²) in [6, 6.07) is 8.64. The Balaban J connectivity index is 1.85. The van der Waals surface area contributed by atoms with Crippen LogP contribution in [0.4, 0.5) is 0 Å². The number of hydrogen-bond donors (Lipinski definition) is 1. The van der Waals surface area contributed by atoms with E-state index < -0.39 is 0 Å². The topological polar surface area (TPSA) is 24.4 Å². The highest BCUT2D eigenvalue weighted by atomic mass is 32.2. The van der Waals surface area contributed by atoms with Crippen molar-refractivity contribution in [3.63, 3.8) is 0 Å². The van der Waals surface area contributed by atoms with Gasteiger partial charge in [0.2, 0.25) is 0 Å². The summed E-state index contributed by atoms with van der Waals surface area (Å²) < 4.78 is 0. The molecule has 1 heterocycles. The Morgan fingerprint density at radius 1 is 1.28 bits per heavy atom. The highest BCUT2D eigenvalue weighted by Gasteiger charge is 2.18. The molecule has 0 radical (unpaired) electrons. The summed E-state index contributed by atoms with van der Waals surface area (Å²) in [7, 11) is 0. The molecule has 1 atom stereocenters. The molecule has 18 heavy (non-hydrogen) atoms. The van der Waals surface area contributed by atoms with Crippen LogP contribution in [0.3, 0.4) is 0 Å². The third kappa shape index (κ3) is 3.52. The van der Waals surface area contributed by atoms with E-state index in [2.05, 4.69) is 48.4 Å². The second-order valence-electron chi connectivity index (χ2n) is 4.65. The lowest BCUT2D eigenvalue weighted by Crippen LogP contribution is -2.19. The Morgan fingerprint density at radius 2 is 2.06 bits per heavy atom. The predicted molar refractivity (Wildman–Crippen MR) is 81.2 cm³/mol. The van der Waals surface area contributed by atoms with Crippen LogP contribution in [0.15, 0.2) is 29.3 Å². The number of thioether (sulfide) groups is 1. The van der Waals surface area contributed by atoms with Crippen LogP contribution in [-0.2, 0) is 13.0 Å². The molecule has 0 bridgehead atoms. The molecular formula is C15H22N2S. The number of hydrogen-bond acceptors (Lipinski definition) is 3. The average molecular weight is 262 g/mol. The Bertz CT molecular complexity index is 415. The van der Waals surface area contributed by atoms with Crippen molar-refractivity contribution in [3.05, 3.63) is 35.4 Å². The maximum Gasteiger partial charge on any atom is 0.157 e. The monoisotopic (exact) mass is 262 g/mol. The summed E-state index contributed by atoms with van der Waals surface area (Å²) in [4.78, 5) is 4.57.